The summed E-state index contributed by atoms with van der Waals surface area (Å²) >= 11 is 0. The highest BCUT2D eigenvalue weighted by Gasteiger charge is 2.29. The molecule has 0 aromatic heterocycles. The minimum Gasteiger partial charge on any atom is -0.497 e. The summed E-state index contributed by atoms with van der Waals surface area (Å²) in [5.41, 5.74) is 3.43. The normalized spacial score (nSPS) is 23.6. The van der Waals surface area contributed by atoms with Gasteiger partial charge in [-0.15, -0.1) is 0 Å². The first-order chi connectivity index (χ1) is 15.1. The lowest BCUT2D eigenvalue weighted by Gasteiger charge is -2.25. The maximum Gasteiger partial charge on any atom is 0.320 e. The van der Waals surface area contributed by atoms with Crippen molar-refractivity contribution in [3.8, 4) is 5.75 Å². The van der Waals surface area contributed by atoms with E-state index in [4.69, 9.17) is 4.74 Å². The second-order valence-electron chi connectivity index (χ2n) is 8.11. The Balaban J connectivity index is 1.27. The number of carboxylic acids is 1. The fraction of sp³-hybridized carbons (Fsp3) is 0.417. The molecule has 31 heavy (non-hydrogen) atoms. The van der Waals surface area contributed by atoms with Gasteiger partial charge < -0.3 is 15.2 Å². The van der Waals surface area contributed by atoms with Crippen LogP contribution in [0.1, 0.15) is 29.9 Å². The Hall–Kier alpha value is -2.90. The molecule has 0 bridgehead atoms. The Labute approximate surface area is 183 Å². The molecule has 2 unspecified atom stereocenters. The minimum atomic E-state index is -0.702. The molecule has 1 saturated heterocycles. The number of carbonyl (C=O) groups is 1. The third-order valence-electron chi connectivity index (χ3n) is 6.08. The SMILES string of the molecule is COc1ccc(C2C=NC(Nc3ccc(CCN4CCC[C@H]4C(=O)O)cc3)NC2)cc1. The summed E-state index contributed by atoms with van der Waals surface area (Å²) < 4.78 is 5.22. The average molecular weight is 423 g/mol. The number of aliphatic carboxylic acids is 1. The number of hydrogen-bond donors (Lipinski definition) is 3. The van der Waals surface area contributed by atoms with Crippen LogP contribution in [0.3, 0.4) is 0 Å². The first-order valence-corrected chi connectivity index (χ1v) is 10.9. The zero-order valence-corrected chi connectivity index (χ0v) is 17.8. The van der Waals surface area contributed by atoms with Gasteiger partial charge in [-0.2, -0.15) is 0 Å². The second-order valence-corrected chi connectivity index (χ2v) is 8.11. The van der Waals surface area contributed by atoms with Gasteiger partial charge in [0.1, 0.15) is 11.8 Å². The molecule has 7 nitrogen and oxygen atoms in total. The number of methoxy groups -OCH3 is 1. The van der Waals surface area contributed by atoms with Crippen LogP contribution >= 0.6 is 0 Å². The molecule has 4 rings (SSSR count). The van der Waals surface area contributed by atoms with Gasteiger partial charge >= 0.3 is 5.97 Å². The lowest BCUT2D eigenvalue weighted by Crippen LogP contribution is -2.41. The fourth-order valence-corrected chi connectivity index (χ4v) is 4.25. The Morgan fingerprint density at radius 1 is 1.23 bits per heavy atom. The van der Waals surface area contributed by atoms with Crippen LogP contribution in [0.4, 0.5) is 5.69 Å². The molecule has 2 aliphatic rings. The van der Waals surface area contributed by atoms with Crippen molar-refractivity contribution in [3.05, 3.63) is 59.7 Å². The van der Waals surface area contributed by atoms with Gasteiger partial charge in [-0.05, 0) is 61.2 Å². The molecule has 0 saturated carbocycles. The molecule has 2 heterocycles. The summed E-state index contributed by atoms with van der Waals surface area (Å²) in [5, 5.41) is 16.1. The zero-order valence-electron chi connectivity index (χ0n) is 17.8. The van der Waals surface area contributed by atoms with Gasteiger partial charge in [0.2, 0.25) is 0 Å². The van der Waals surface area contributed by atoms with Crippen LogP contribution in [-0.2, 0) is 11.2 Å². The monoisotopic (exact) mass is 422 g/mol. The van der Waals surface area contributed by atoms with E-state index in [1.165, 1.54) is 11.1 Å². The number of anilines is 1. The fourth-order valence-electron chi connectivity index (χ4n) is 4.25. The average Bonchev–Trinajstić information content (AvgIpc) is 3.28. The number of likely N-dealkylation sites (tertiary alicyclic amines) is 1. The number of carboxylic acid groups (broad SMARTS) is 1. The van der Waals surface area contributed by atoms with Crippen molar-refractivity contribution in [2.75, 3.05) is 32.1 Å². The highest BCUT2D eigenvalue weighted by molar-refractivity contribution is 5.73. The molecule has 3 N–H and O–H groups in total. The zero-order chi connectivity index (χ0) is 21.6. The molecule has 2 aliphatic heterocycles. The lowest BCUT2D eigenvalue weighted by molar-refractivity contribution is -0.142. The summed E-state index contributed by atoms with van der Waals surface area (Å²) in [4.78, 5) is 18.0. The number of ether oxygens (including phenoxy) is 1. The molecule has 164 valence electrons. The molecule has 1 fully saturated rings. The van der Waals surface area contributed by atoms with E-state index in [0.29, 0.717) is 0 Å². The van der Waals surface area contributed by atoms with Crippen molar-refractivity contribution >= 4 is 17.9 Å². The molecule has 2 aromatic rings. The molecule has 0 spiro atoms. The minimum absolute atomic E-state index is 0.152. The molecule has 0 aliphatic carbocycles. The smallest absolute Gasteiger partial charge is 0.320 e. The molecule has 0 radical (unpaired) electrons. The van der Waals surface area contributed by atoms with Crippen molar-refractivity contribution in [1.29, 1.82) is 0 Å². The maximum atomic E-state index is 11.3. The molecular formula is C24H30N4O3. The molecule has 7 heteroatoms. The van der Waals surface area contributed by atoms with Gasteiger partial charge in [0.15, 0.2) is 6.29 Å². The van der Waals surface area contributed by atoms with Crippen LogP contribution in [0.5, 0.6) is 5.75 Å². The summed E-state index contributed by atoms with van der Waals surface area (Å²) in [6.07, 6.45) is 4.42. The van der Waals surface area contributed by atoms with Crippen LogP contribution in [-0.4, -0.2) is 61.3 Å². The van der Waals surface area contributed by atoms with Gasteiger partial charge in [0, 0.05) is 30.9 Å². The lowest BCUT2D eigenvalue weighted by atomic mass is 9.99. The molecule has 3 atom stereocenters. The predicted octanol–water partition coefficient (Wildman–Crippen LogP) is 2.94. The van der Waals surface area contributed by atoms with E-state index in [9.17, 15) is 9.90 Å². The summed E-state index contributed by atoms with van der Waals surface area (Å²) in [7, 11) is 1.67. The number of nitrogens with one attached hydrogen (secondary N) is 2. The van der Waals surface area contributed by atoms with Crippen molar-refractivity contribution in [2.45, 2.75) is 37.5 Å². The number of aliphatic imine (C=N–C) groups is 1. The first kappa shape index (κ1) is 21.3. The number of rotatable bonds is 8. The van der Waals surface area contributed by atoms with E-state index in [1.807, 2.05) is 18.3 Å². The van der Waals surface area contributed by atoms with Crippen LogP contribution in [0.2, 0.25) is 0 Å². The molecular weight excluding hydrogens is 392 g/mol. The van der Waals surface area contributed by atoms with Crippen LogP contribution in [0.25, 0.3) is 0 Å². The standard InChI is InChI=1S/C24H30N4O3/c1-31-21-10-6-18(7-11-21)19-15-25-24(26-16-19)27-20-8-4-17(5-9-20)12-14-28-13-2-3-22(28)23(29)30/h4-11,15,19,22,24,26-27H,2-3,12-14,16H2,1H3,(H,29,30)/t19?,22-,24?/m0/s1. The van der Waals surface area contributed by atoms with E-state index in [0.717, 1.165) is 50.3 Å². The summed E-state index contributed by atoms with van der Waals surface area (Å²) in [6, 6.07) is 16.1. The first-order valence-electron chi connectivity index (χ1n) is 10.9. The topological polar surface area (TPSA) is 86.2 Å². The predicted molar refractivity (Wildman–Crippen MR) is 122 cm³/mol. The van der Waals surface area contributed by atoms with Gasteiger partial charge in [-0.1, -0.05) is 24.3 Å². The van der Waals surface area contributed by atoms with E-state index >= 15 is 0 Å². The Bertz CT molecular complexity index is 898. The Morgan fingerprint density at radius 3 is 2.65 bits per heavy atom. The molecule has 2 aromatic carbocycles. The Kier molecular flexibility index (Phi) is 6.84. The van der Waals surface area contributed by atoms with Gasteiger partial charge in [-0.3, -0.25) is 20.0 Å². The Morgan fingerprint density at radius 2 is 2.00 bits per heavy atom. The van der Waals surface area contributed by atoms with E-state index in [-0.39, 0.29) is 18.2 Å². The maximum absolute atomic E-state index is 11.3. The van der Waals surface area contributed by atoms with Crippen LogP contribution in [0, 0.1) is 0 Å². The number of benzene rings is 2. The third-order valence-corrected chi connectivity index (χ3v) is 6.08. The number of nitrogens with zero attached hydrogens (tertiary/aromatic N) is 2. The van der Waals surface area contributed by atoms with E-state index in [1.54, 1.807) is 7.11 Å². The largest absolute Gasteiger partial charge is 0.497 e. The van der Waals surface area contributed by atoms with Crippen LogP contribution < -0.4 is 15.4 Å². The van der Waals surface area contributed by atoms with Crippen molar-refractivity contribution in [2.24, 2.45) is 4.99 Å². The van der Waals surface area contributed by atoms with E-state index < -0.39 is 5.97 Å². The number of hydrogen-bond acceptors (Lipinski definition) is 6. The van der Waals surface area contributed by atoms with Gasteiger partial charge in [-0.25, -0.2) is 0 Å². The summed E-state index contributed by atoms with van der Waals surface area (Å²) in [5.74, 6) is 0.396. The van der Waals surface area contributed by atoms with Crippen molar-refractivity contribution in [1.82, 2.24) is 10.2 Å². The van der Waals surface area contributed by atoms with Crippen molar-refractivity contribution < 1.29 is 14.6 Å². The molecule has 0 amide bonds. The van der Waals surface area contributed by atoms with Gasteiger partial charge in [0.25, 0.3) is 0 Å². The summed E-state index contributed by atoms with van der Waals surface area (Å²) in [6.45, 7) is 2.47. The van der Waals surface area contributed by atoms with Gasteiger partial charge in [0.05, 0.1) is 7.11 Å². The van der Waals surface area contributed by atoms with Crippen LogP contribution in [0.15, 0.2) is 53.5 Å². The highest BCUT2D eigenvalue weighted by Crippen LogP contribution is 2.21. The highest BCUT2D eigenvalue weighted by atomic mass is 16.5. The van der Waals surface area contributed by atoms with E-state index in [2.05, 4.69) is 56.9 Å². The second kappa shape index (κ2) is 9.94. The van der Waals surface area contributed by atoms with Crippen molar-refractivity contribution in [3.63, 3.8) is 0 Å². The quantitative estimate of drug-likeness (QED) is 0.607. The third kappa shape index (κ3) is 5.42.